The molecule has 1 aromatic carbocycles. The number of carbonyl (C=O) groups excluding carboxylic acids is 1. The number of halogens is 1. The number of hydrogen-bond donors (Lipinski definition) is 1. The van der Waals surface area contributed by atoms with Gasteiger partial charge in [-0.05, 0) is 26.0 Å². The number of hydrogen-bond acceptors (Lipinski definition) is 2. The fraction of sp³-hybridized carbons (Fsp3) is 0.417. The third-order valence-electron chi connectivity index (χ3n) is 2.45. The van der Waals surface area contributed by atoms with Gasteiger partial charge in [0.1, 0.15) is 11.9 Å². The highest BCUT2D eigenvalue weighted by Crippen LogP contribution is 2.18. The zero-order valence-corrected chi connectivity index (χ0v) is 10.0. The topological polar surface area (TPSA) is 32.3 Å². The molecule has 0 fully saturated rings. The fourth-order valence-electron chi connectivity index (χ4n) is 1.45. The Morgan fingerprint density at radius 1 is 1.44 bits per heavy atom. The van der Waals surface area contributed by atoms with E-state index in [2.05, 4.69) is 5.32 Å². The van der Waals surface area contributed by atoms with Gasteiger partial charge in [-0.15, -0.1) is 0 Å². The van der Waals surface area contributed by atoms with Crippen molar-refractivity contribution in [2.24, 2.45) is 0 Å². The van der Waals surface area contributed by atoms with Crippen LogP contribution in [-0.2, 0) is 4.79 Å². The lowest BCUT2D eigenvalue weighted by atomic mass is 10.1. The van der Waals surface area contributed by atoms with E-state index >= 15 is 0 Å². The molecule has 0 aliphatic rings. The zero-order chi connectivity index (χ0) is 12.3. The van der Waals surface area contributed by atoms with E-state index < -0.39 is 0 Å². The average Bonchev–Trinajstić information content (AvgIpc) is 2.23. The molecule has 3 nitrogen and oxygen atoms in total. The van der Waals surface area contributed by atoms with Gasteiger partial charge in [-0.25, -0.2) is 4.39 Å². The summed E-state index contributed by atoms with van der Waals surface area (Å²) in [4.78, 5) is 13.1. The van der Waals surface area contributed by atoms with Crippen LogP contribution in [0.2, 0.25) is 0 Å². The van der Waals surface area contributed by atoms with Crippen LogP contribution in [0.3, 0.4) is 0 Å². The van der Waals surface area contributed by atoms with Crippen LogP contribution in [0, 0.1) is 12.7 Å². The first kappa shape index (κ1) is 12.5. The quantitative estimate of drug-likeness (QED) is 0.852. The van der Waals surface area contributed by atoms with E-state index in [9.17, 15) is 9.18 Å². The van der Waals surface area contributed by atoms with E-state index in [1.165, 1.54) is 11.0 Å². The van der Waals surface area contributed by atoms with Crippen LogP contribution < -0.4 is 5.32 Å². The molecule has 1 amide bonds. The Morgan fingerprint density at radius 3 is 2.62 bits per heavy atom. The van der Waals surface area contributed by atoms with Crippen molar-refractivity contribution in [2.75, 3.05) is 19.4 Å². The maximum absolute atomic E-state index is 13.3. The number of nitrogens with zero attached hydrogens (tertiary/aromatic N) is 1. The molecule has 1 aromatic rings. The molecule has 0 heterocycles. The van der Waals surface area contributed by atoms with Crippen LogP contribution in [0.1, 0.15) is 12.5 Å². The monoisotopic (exact) mass is 224 g/mol. The van der Waals surface area contributed by atoms with E-state index in [1.54, 1.807) is 40.1 Å². The molecule has 0 aliphatic heterocycles. The average molecular weight is 224 g/mol. The molecule has 1 rings (SSSR count). The van der Waals surface area contributed by atoms with Crippen molar-refractivity contribution in [3.63, 3.8) is 0 Å². The van der Waals surface area contributed by atoms with E-state index in [0.717, 1.165) is 0 Å². The molecule has 16 heavy (non-hydrogen) atoms. The van der Waals surface area contributed by atoms with Gasteiger partial charge in [0.05, 0.1) is 0 Å². The molecule has 0 radical (unpaired) electrons. The molecular weight excluding hydrogens is 207 g/mol. The maximum Gasteiger partial charge on any atom is 0.244 e. The van der Waals surface area contributed by atoms with Crippen LogP contribution in [-0.4, -0.2) is 30.9 Å². The predicted molar refractivity (Wildman–Crippen MR) is 62.9 cm³/mol. The number of benzene rings is 1. The molecule has 1 N–H and O–H groups in total. The van der Waals surface area contributed by atoms with E-state index in [4.69, 9.17) is 0 Å². The third kappa shape index (κ3) is 2.72. The van der Waals surface area contributed by atoms with Gasteiger partial charge < -0.3 is 10.2 Å². The summed E-state index contributed by atoms with van der Waals surface area (Å²) < 4.78 is 13.3. The Bertz CT molecular complexity index is 391. The van der Waals surface area contributed by atoms with Crippen molar-refractivity contribution in [1.29, 1.82) is 0 Å². The Kier molecular flexibility index (Phi) is 3.88. The zero-order valence-electron chi connectivity index (χ0n) is 10.0. The lowest BCUT2D eigenvalue weighted by molar-refractivity contribution is -0.129. The van der Waals surface area contributed by atoms with Crippen molar-refractivity contribution in [3.8, 4) is 0 Å². The van der Waals surface area contributed by atoms with Crippen molar-refractivity contribution in [3.05, 3.63) is 29.6 Å². The van der Waals surface area contributed by atoms with Crippen LogP contribution in [0.25, 0.3) is 0 Å². The number of rotatable bonds is 3. The molecule has 0 spiro atoms. The highest BCUT2D eigenvalue weighted by molar-refractivity contribution is 5.84. The molecule has 0 aliphatic carbocycles. The smallest absolute Gasteiger partial charge is 0.244 e. The second-order valence-corrected chi connectivity index (χ2v) is 4.01. The molecule has 88 valence electrons. The minimum atomic E-state index is -0.365. The van der Waals surface area contributed by atoms with Crippen LogP contribution >= 0.6 is 0 Å². The Morgan fingerprint density at radius 2 is 2.06 bits per heavy atom. The number of carbonyl (C=O) groups is 1. The summed E-state index contributed by atoms with van der Waals surface area (Å²) >= 11 is 0. The van der Waals surface area contributed by atoms with Crippen LogP contribution in [0.5, 0.6) is 0 Å². The number of likely N-dealkylation sites (N-methyl/N-ethyl adjacent to an activating group) is 1. The van der Waals surface area contributed by atoms with E-state index in [1.807, 2.05) is 0 Å². The summed E-state index contributed by atoms with van der Waals surface area (Å²) in [6.07, 6.45) is 0. The van der Waals surface area contributed by atoms with Crippen molar-refractivity contribution < 1.29 is 9.18 Å². The molecule has 0 aromatic heterocycles. The van der Waals surface area contributed by atoms with E-state index in [0.29, 0.717) is 11.3 Å². The lowest BCUT2D eigenvalue weighted by Gasteiger charge is -2.20. The van der Waals surface area contributed by atoms with Gasteiger partial charge in [-0.1, -0.05) is 6.07 Å². The molecule has 1 unspecified atom stereocenters. The van der Waals surface area contributed by atoms with Crippen molar-refractivity contribution in [2.45, 2.75) is 19.9 Å². The summed E-state index contributed by atoms with van der Waals surface area (Å²) in [5, 5.41) is 3.00. The number of nitrogens with one attached hydrogen (secondary N) is 1. The summed E-state index contributed by atoms with van der Waals surface area (Å²) in [7, 11) is 3.39. The number of amides is 1. The first-order valence-electron chi connectivity index (χ1n) is 5.16. The van der Waals surface area contributed by atoms with Crippen molar-refractivity contribution in [1.82, 2.24) is 4.90 Å². The highest BCUT2D eigenvalue weighted by Gasteiger charge is 2.15. The van der Waals surface area contributed by atoms with E-state index in [-0.39, 0.29) is 17.8 Å². The first-order chi connectivity index (χ1) is 7.43. The van der Waals surface area contributed by atoms with Gasteiger partial charge in [-0.2, -0.15) is 0 Å². The molecule has 4 heteroatoms. The second-order valence-electron chi connectivity index (χ2n) is 4.01. The largest absolute Gasteiger partial charge is 0.374 e. The molecule has 1 atom stereocenters. The summed E-state index contributed by atoms with van der Waals surface area (Å²) in [6.45, 7) is 3.44. The minimum Gasteiger partial charge on any atom is -0.374 e. The Hall–Kier alpha value is -1.58. The fourth-order valence-corrected chi connectivity index (χ4v) is 1.45. The van der Waals surface area contributed by atoms with Gasteiger partial charge in [0.2, 0.25) is 5.91 Å². The van der Waals surface area contributed by atoms with Crippen molar-refractivity contribution >= 4 is 11.6 Å². The lowest BCUT2D eigenvalue weighted by Crippen LogP contribution is -2.36. The van der Waals surface area contributed by atoms with Gasteiger partial charge in [0.25, 0.3) is 0 Å². The van der Waals surface area contributed by atoms with Gasteiger partial charge >= 0.3 is 0 Å². The molecular formula is C12H17FN2O. The molecule has 0 bridgehead atoms. The summed E-state index contributed by atoms with van der Waals surface area (Å²) in [6, 6.07) is 4.42. The number of anilines is 1. The standard InChI is InChI=1S/C12H17FN2O/c1-8-10(13)6-5-7-11(8)14-9(2)12(16)15(3)4/h5-7,9,14H,1-4H3. The second kappa shape index (κ2) is 4.96. The normalized spacial score (nSPS) is 12.1. The van der Waals surface area contributed by atoms with Crippen LogP contribution in [0.15, 0.2) is 18.2 Å². The highest BCUT2D eigenvalue weighted by atomic mass is 19.1. The minimum absolute atomic E-state index is 0.0383. The first-order valence-corrected chi connectivity index (χ1v) is 5.16. The summed E-state index contributed by atoms with van der Waals surface area (Å²) in [5.41, 5.74) is 1.18. The predicted octanol–water partition coefficient (Wildman–Crippen LogP) is 2.02. The molecule has 0 saturated carbocycles. The maximum atomic E-state index is 13.3. The third-order valence-corrected chi connectivity index (χ3v) is 2.45. The van der Waals surface area contributed by atoms with Gasteiger partial charge in [-0.3, -0.25) is 4.79 Å². The molecule has 0 saturated heterocycles. The summed E-state index contributed by atoms with van der Waals surface area (Å²) in [5.74, 6) is -0.307. The van der Waals surface area contributed by atoms with Crippen LogP contribution in [0.4, 0.5) is 10.1 Å². The Labute approximate surface area is 95.3 Å². The van der Waals surface area contributed by atoms with Gasteiger partial charge in [0.15, 0.2) is 0 Å². The Balaban J connectivity index is 2.81. The van der Waals surface area contributed by atoms with Gasteiger partial charge in [0, 0.05) is 25.3 Å². The SMILES string of the molecule is Cc1c(F)cccc1NC(C)C(=O)N(C)C.